The van der Waals surface area contributed by atoms with Crippen LogP contribution in [0.5, 0.6) is 0 Å². The zero-order valence-corrected chi connectivity index (χ0v) is 9.84. The first kappa shape index (κ1) is 12.0. The summed E-state index contributed by atoms with van der Waals surface area (Å²) in [7, 11) is 2.89. The number of likely N-dealkylation sites (N-methyl/N-ethyl adjacent to an activating group) is 1. The van der Waals surface area contributed by atoms with E-state index in [0.717, 1.165) is 0 Å². The van der Waals surface area contributed by atoms with Crippen molar-refractivity contribution in [3.8, 4) is 0 Å². The molecule has 1 N–H and O–H groups in total. The molecule has 0 atom stereocenters. The molecular formula is C9H11N5O4. The first-order valence-corrected chi connectivity index (χ1v) is 5.20. The zero-order valence-electron chi connectivity index (χ0n) is 9.84. The molecule has 0 saturated heterocycles. The minimum atomic E-state index is -0.750. The van der Waals surface area contributed by atoms with Crippen molar-refractivity contribution < 1.29 is 14.5 Å². The third kappa shape index (κ3) is 1.60. The molecule has 0 unspecified atom stereocenters. The van der Waals surface area contributed by atoms with Gasteiger partial charge >= 0.3 is 5.69 Å². The number of nitro groups is 1. The Labute approximate surface area is 102 Å². The molecule has 9 nitrogen and oxygen atoms in total. The van der Waals surface area contributed by atoms with Crippen molar-refractivity contribution >= 4 is 17.5 Å². The maximum atomic E-state index is 11.9. The highest BCUT2D eigenvalue weighted by atomic mass is 16.6. The second kappa shape index (κ2) is 4.09. The average Bonchev–Trinajstić information content (AvgIpc) is 2.73. The molecule has 0 spiro atoms. The van der Waals surface area contributed by atoms with Gasteiger partial charge in [0, 0.05) is 20.6 Å². The second-order valence-corrected chi connectivity index (χ2v) is 3.83. The standard InChI is InChI=1S/C9H11N5O4/c1-10-8(15)5-6(14(17)18)7-9(16)12(2)3-4-13(7)11-5/h3-4H2,1-2H3,(H,10,15). The Morgan fingerprint density at radius 3 is 2.72 bits per heavy atom. The molecule has 96 valence electrons. The third-order valence-corrected chi connectivity index (χ3v) is 2.75. The van der Waals surface area contributed by atoms with Crippen LogP contribution in [0.15, 0.2) is 0 Å². The molecule has 0 fully saturated rings. The molecule has 1 aromatic heterocycles. The lowest BCUT2D eigenvalue weighted by atomic mass is 10.2. The largest absolute Gasteiger partial charge is 0.353 e. The van der Waals surface area contributed by atoms with Crippen molar-refractivity contribution in [1.29, 1.82) is 0 Å². The molecule has 1 aromatic rings. The zero-order chi connectivity index (χ0) is 13.4. The average molecular weight is 253 g/mol. The first-order valence-electron chi connectivity index (χ1n) is 5.20. The summed E-state index contributed by atoms with van der Waals surface area (Å²) >= 11 is 0. The van der Waals surface area contributed by atoms with Crippen molar-refractivity contribution in [2.75, 3.05) is 20.6 Å². The summed E-state index contributed by atoms with van der Waals surface area (Å²) in [5.74, 6) is -1.19. The summed E-state index contributed by atoms with van der Waals surface area (Å²) in [6.45, 7) is 0.729. The summed E-state index contributed by atoms with van der Waals surface area (Å²) in [5, 5.41) is 17.1. The Hall–Kier alpha value is -2.45. The summed E-state index contributed by atoms with van der Waals surface area (Å²) in [6, 6.07) is 0. The van der Waals surface area contributed by atoms with Gasteiger partial charge in [-0.05, 0) is 0 Å². The van der Waals surface area contributed by atoms with Gasteiger partial charge in [0.2, 0.25) is 11.4 Å². The van der Waals surface area contributed by atoms with Gasteiger partial charge in [0.15, 0.2) is 0 Å². The molecule has 0 bridgehead atoms. The SMILES string of the molecule is CNC(=O)c1nn2c(c1[N+](=O)[O-])C(=O)N(C)CC2. The molecule has 1 aliphatic rings. The van der Waals surface area contributed by atoms with Crippen LogP contribution in [0.25, 0.3) is 0 Å². The van der Waals surface area contributed by atoms with Gasteiger partial charge in [-0.2, -0.15) is 5.10 Å². The fraction of sp³-hybridized carbons (Fsp3) is 0.444. The Morgan fingerprint density at radius 1 is 1.50 bits per heavy atom. The fourth-order valence-electron chi connectivity index (χ4n) is 1.80. The van der Waals surface area contributed by atoms with E-state index in [1.54, 1.807) is 7.05 Å². The van der Waals surface area contributed by atoms with Crippen molar-refractivity contribution in [1.82, 2.24) is 20.0 Å². The van der Waals surface area contributed by atoms with Crippen LogP contribution >= 0.6 is 0 Å². The lowest BCUT2D eigenvalue weighted by molar-refractivity contribution is -0.385. The number of aromatic nitrogens is 2. The Kier molecular flexibility index (Phi) is 2.73. The minimum absolute atomic E-state index is 0.146. The van der Waals surface area contributed by atoms with Crippen LogP contribution in [0.4, 0.5) is 5.69 Å². The van der Waals surface area contributed by atoms with Crippen LogP contribution in [0, 0.1) is 10.1 Å². The number of carbonyl (C=O) groups is 2. The van der Waals surface area contributed by atoms with E-state index in [2.05, 4.69) is 10.4 Å². The Bertz CT molecular complexity index is 549. The molecule has 0 aliphatic carbocycles. The lowest BCUT2D eigenvalue weighted by Gasteiger charge is -2.22. The van der Waals surface area contributed by atoms with Gasteiger partial charge in [-0.25, -0.2) is 0 Å². The number of amides is 2. The number of nitrogens with zero attached hydrogens (tertiary/aromatic N) is 4. The highest BCUT2D eigenvalue weighted by molar-refractivity contribution is 6.04. The molecule has 2 heterocycles. The summed E-state index contributed by atoms with van der Waals surface area (Å²) in [4.78, 5) is 35.1. The molecule has 2 rings (SSSR count). The van der Waals surface area contributed by atoms with E-state index in [1.807, 2.05) is 0 Å². The third-order valence-electron chi connectivity index (χ3n) is 2.75. The smallest absolute Gasteiger partial charge is 0.333 e. The predicted octanol–water partition coefficient (Wildman–Crippen LogP) is -0.763. The number of nitrogens with one attached hydrogen (secondary N) is 1. The second-order valence-electron chi connectivity index (χ2n) is 3.83. The highest BCUT2D eigenvalue weighted by Crippen LogP contribution is 2.26. The number of hydrogen-bond donors (Lipinski definition) is 1. The highest BCUT2D eigenvalue weighted by Gasteiger charge is 2.38. The van der Waals surface area contributed by atoms with Crippen LogP contribution in [0.3, 0.4) is 0 Å². The first-order chi connectivity index (χ1) is 8.47. The number of fused-ring (bicyclic) bond motifs is 1. The Balaban J connectivity index is 2.66. The van der Waals surface area contributed by atoms with Crippen molar-refractivity contribution in [3.63, 3.8) is 0 Å². The van der Waals surface area contributed by atoms with Crippen molar-refractivity contribution in [2.45, 2.75) is 6.54 Å². The van der Waals surface area contributed by atoms with Gasteiger partial charge in [-0.3, -0.25) is 24.4 Å². The lowest BCUT2D eigenvalue weighted by Crippen LogP contribution is -2.37. The van der Waals surface area contributed by atoms with Crippen molar-refractivity contribution in [3.05, 3.63) is 21.5 Å². The predicted molar refractivity (Wildman–Crippen MR) is 59.2 cm³/mol. The van der Waals surface area contributed by atoms with Crippen LogP contribution in [-0.4, -0.2) is 52.1 Å². The topological polar surface area (TPSA) is 110 Å². The Morgan fingerprint density at radius 2 is 2.17 bits per heavy atom. The van der Waals surface area contributed by atoms with Gasteiger partial charge in [0.05, 0.1) is 11.5 Å². The molecule has 0 saturated carbocycles. The number of carbonyl (C=O) groups excluding carboxylic acids is 2. The summed E-state index contributed by atoms with van der Waals surface area (Å²) < 4.78 is 1.21. The van der Waals surface area contributed by atoms with Crippen LogP contribution in [0.1, 0.15) is 21.0 Å². The number of rotatable bonds is 2. The summed E-state index contributed by atoms with van der Waals surface area (Å²) in [5.41, 5.74) is -1.01. The van der Waals surface area contributed by atoms with E-state index >= 15 is 0 Å². The maximum Gasteiger partial charge on any atom is 0.333 e. The quantitative estimate of drug-likeness (QED) is 0.550. The normalized spacial score (nSPS) is 14.3. The minimum Gasteiger partial charge on any atom is -0.353 e. The van der Waals surface area contributed by atoms with Gasteiger partial charge in [0.1, 0.15) is 0 Å². The molecule has 9 heteroatoms. The van der Waals surface area contributed by atoms with Crippen LogP contribution in [-0.2, 0) is 6.54 Å². The van der Waals surface area contributed by atoms with Crippen LogP contribution in [0.2, 0.25) is 0 Å². The van der Waals surface area contributed by atoms with Gasteiger partial charge < -0.3 is 10.2 Å². The molecule has 2 amide bonds. The fourth-order valence-corrected chi connectivity index (χ4v) is 1.80. The molecule has 18 heavy (non-hydrogen) atoms. The maximum absolute atomic E-state index is 11.9. The molecule has 0 aromatic carbocycles. The van der Waals surface area contributed by atoms with E-state index in [1.165, 1.54) is 16.6 Å². The van der Waals surface area contributed by atoms with E-state index < -0.39 is 22.4 Å². The molecule has 1 aliphatic heterocycles. The van der Waals surface area contributed by atoms with E-state index in [4.69, 9.17) is 0 Å². The number of hydrogen-bond acceptors (Lipinski definition) is 5. The van der Waals surface area contributed by atoms with Crippen LogP contribution < -0.4 is 5.32 Å². The van der Waals surface area contributed by atoms with Gasteiger partial charge in [0.25, 0.3) is 11.8 Å². The molecule has 0 radical (unpaired) electrons. The van der Waals surface area contributed by atoms with E-state index in [0.29, 0.717) is 13.1 Å². The van der Waals surface area contributed by atoms with E-state index in [-0.39, 0.29) is 11.4 Å². The van der Waals surface area contributed by atoms with Gasteiger partial charge in [-0.1, -0.05) is 0 Å². The monoisotopic (exact) mass is 253 g/mol. The van der Waals surface area contributed by atoms with E-state index in [9.17, 15) is 19.7 Å². The summed E-state index contributed by atoms with van der Waals surface area (Å²) in [6.07, 6.45) is 0. The van der Waals surface area contributed by atoms with Gasteiger partial charge in [-0.15, -0.1) is 0 Å². The van der Waals surface area contributed by atoms with Crippen molar-refractivity contribution in [2.24, 2.45) is 0 Å². The molecular weight excluding hydrogens is 242 g/mol.